The molecule has 0 aromatic heterocycles. The lowest BCUT2D eigenvalue weighted by Gasteiger charge is -2.30. The summed E-state index contributed by atoms with van der Waals surface area (Å²) in [5.41, 5.74) is 0. The monoisotopic (exact) mass is 366 g/mol. The van der Waals surface area contributed by atoms with Crippen LogP contribution in [0.4, 0.5) is 13.2 Å². The van der Waals surface area contributed by atoms with Crippen LogP contribution < -0.4 is 10.6 Å². The average molecular weight is 366 g/mol. The Bertz CT molecular complexity index is 369. The molecule has 0 aromatic rings. The van der Waals surface area contributed by atoms with Gasteiger partial charge >= 0.3 is 6.18 Å². The topological polar surface area (TPSA) is 48.9 Å². The molecule has 0 aliphatic carbocycles. The summed E-state index contributed by atoms with van der Waals surface area (Å²) in [6.07, 6.45) is -0.167. The maximum Gasteiger partial charge on any atom is 0.411 e. The number of nitrogens with one attached hydrogen (secondary N) is 2. The largest absolute Gasteiger partial charge is 0.411 e. The molecule has 8 heteroatoms. The fourth-order valence-electron chi connectivity index (χ4n) is 2.68. The fourth-order valence-corrected chi connectivity index (χ4v) is 2.68. The molecule has 1 rings (SSSR count). The van der Waals surface area contributed by atoms with Crippen molar-refractivity contribution >= 4 is 5.96 Å². The van der Waals surface area contributed by atoms with Crippen molar-refractivity contribution < 1.29 is 17.9 Å². The molecule has 1 saturated heterocycles. The molecule has 0 saturated carbocycles. The molecule has 0 atom stereocenters. The maximum atomic E-state index is 11.9. The quantitative estimate of drug-likeness (QED) is 0.355. The molecule has 0 amide bonds. The van der Waals surface area contributed by atoms with Crippen LogP contribution in [0.15, 0.2) is 4.99 Å². The molecule has 0 unspecified atom stereocenters. The average Bonchev–Trinajstić information content (AvgIpc) is 2.55. The highest BCUT2D eigenvalue weighted by Gasteiger charge is 2.27. The Morgan fingerprint density at radius 2 is 1.92 bits per heavy atom. The third-order valence-electron chi connectivity index (χ3n) is 4.15. The Morgan fingerprint density at radius 1 is 1.20 bits per heavy atom. The van der Waals surface area contributed by atoms with Crippen molar-refractivity contribution in [1.82, 2.24) is 15.5 Å². The Labute approximate surface area is 149 Å². The molecule has 1 aliphatic heterocycles. The maximum absolute atomic E-state index is 11.9. The molecule has 1 aliphatic rings. The van der Waals surface area contributed by atoms with Gasteiger partial charge in [-0.25, -0.2) is 0 Å². The third-order valence-corrected chi connectivity index (χ3v) is 4.15. The smallest absolute Gasteiger partial charge is 0.372 e. The first-order valence-electron chi connectivity index (χ1n) is 9.29. The number of guanidine groups is 1. The second kappa shape index (κ2) is 12.4. The van der Waals surface area contributed by atoms with E-state index in [9.17, 15) is 13.2 Å². The predicted molar refractivity (Wildman–Crippen MR) is 94.9 cm³/mol. The van der Waals surface area contributed by atoms with Crippen LogP contribution in [0, 0.1) is 5.92 Å². The van der Waals surface area contributed by atoms with Crippen molar-refractivity contribution in [2.45, 2.75) is 45.7 Å². The standard InChI is InChI=1S/C17H33F3N4O/c1-3-21-16(23-9-5-13-25-14-17(18,19)20)22-8-4-10-24-11-6-15(2)7-12-24/h15H,3-14H2,1-2H3,(H2,21,22,23). The van der Waals surface area contributed by atoms with E-state index >= 15 is 0 Å². The Balaban J connectivity index is 2.11. The zero-order chi connectivity index (χ0) is 18.5. The van der Waals surface area contributed by atoms with Crippen molar-refractivity contribution in [1.29, 1.82) is 0 Å². The van der Waals surface area contributed by atoms with Gasteiger partial charge < -0.3 is 20.3 Å². The molecule has 5 nitrogen and oxygen atoms in total. The van der Waals surface area contributed by atoms with Crippen LogP contribution in [0.3, 0.4) is 0 Å². The molecule has 1 fully saturated rings. The van der Waals surface area contributed by atoms with Crippen molar-refractivity contribution in [3.8, 4) is 0 Å². The van der Waals surface area contributed by atoms with E-state index in [4.69, 9.17) is 0 Å². The van der Waals surface area contributed by atoms with Gasteiger partial charge in [0.2, 0.25) is 0 Å². The van der Waals surface area contributed by atoms with Gasteiger partial charge in [-0.3, -0.25) is 4.99 Å². The molecular formula is C17H33F3N4O. The fraction of sp³-hybridized carbons (Fsp3) is 0.941. The van der Waals surface area contributed by atoms with E-state index in [2.05, 4.69) is 32.2 Å². The first-order chi connectivity index (χ1) is 11.9. The molecule has 0 radical (unpaired) electrons. The summed E-state index contributed by atoms with van der Waals surface area (Å²) in [4.78, 5) is 6.86. The number of alkyl halides is 3. The minimum absolute atomic E-state index is 0.0653. The number of halogens is 3. The molecule has 0 bridgehead atoms. The van der Waals surface area contributed by atoms with Gasteiger partial charge in [0.05, 0.1) is 0 Å². The minimum Gasteiger partial charge on any atom is -0.372 e. The highest BCUT2D eigenvalue weighted by atomic mass is 19.4. The highest BCUT2D eigenvalue weighted by Crippen LogP contribution is 2.15. The van der Waals surface area contributed by atoms with Gasteiger partial charge in [-0.2, -0.15) is 13.2 Å². The Morgan fingerprint density at radius 3 is 2.56 bits per heavy atom. The van der Waals surface area contributed by atoms with Gasteiger partial charge in [0, 0.05) is 26.2 Å². The van der Waals surface area contributed by atoms with E-state index in [1.54, 1.807) is 0 Å². The zero-order valence-electron chi connectivity index (χ0n) is 15.5. The minimum atomic E-state index is -4.26. The van der Waals surface area contributed by atoms with Gasteiger partial charge in [0.15, 0.2) is 5.96 Å². The van der Waals surface area contributed by atoms with Gasteiger partial charge in [0.25, 0.3) is 0 Å². The Kier molecular flexibility index (Phi) is 10.9. The third kappa shape index (κ3) is 12.0. The molecule has 1 heterocycles. The molecule has 2 N–H and O–H groups in total. The van der Waals surface area contributed by atoms with Gasteiger partial charge in [-0.05, 0) is 58.2 Å². The highest BCUT2D eigenvalue weighted by molar-refractivity contribution is 5.79. The van der Waals surface area contributed by atoms with Crippen LogP contribution in [0.2, 0.25) is 0 Å². The number of hydrogen-bond donors (Lipinski definition) is 2. The van der Waals surface area contributed by atoms with Crippen LogP contribution in [0.25, 0.3) is 0 Å². The lowest BCUT2D eigenvalue weighted by Crippen LogP contribution is -2.39. The first-order valence-corrected chi connectivity index (χ1v) is 9.29. The van der Waals surface area contributed by atoms with E-state index in [0.717, 1.165) is 32.0 Å². The molecule has 25 heavy (non-hydrogen) atoms. The lowest BCUT2D eigenvalue weighted by atomic mass is 9.99. The van der Waals surface area contributed by atoms with Crippen LogP contribution in [0.1, 0.15) is 39.5 Å². The molecule has 148 valence electrons. The zero-order valence-corrected chi connectivity index (χ0v) is 15.5. The van der Waals surface area contributed by atoms with Crippen LogP contribution >= 0.6 is 0 Å². The summed E-state index contributed by atoms with van der Waals surface area (Å²) in [7, 11) is 0. The normalized spacial score (nSPS) is 17.7. The van der Waals surface area contributed by atoms with Gasteiger partial charge in [0.1, 0.15) is 6.61 Å². The van der Waals surface area contributed by atoms with Crippen molar-refractivity contribution in [2.75, 3.05) is 52.5 Å². The number of rotatable bonds is 10. The molecular weight excluding hydrogens is 333 g/mol. The summed E-state index contributed by atoms with van der Waals surface area (Å²) in [5.74, 6) is 1.56. The van der Waals surface area contributed by atoms with E-state index < -0.39 is 12.8 Å². The summed E-state index contributed by atoms with van der Waals surface area (Å²) in [5, 5.41) is 6.42. The molecule has 0 aromatic carbocycles. The van der Waals surface area contributed by atoms with Gasteiger partial charge in [-0.15, -0.1) is 0 Å². The summed E-state index contributed by atoms with van der Waals surface area (Å²) >= 11 is 0. The van der Waals surface area contributed by atoms with E-state index in [1.165, 1.54) is 25.9 Å². The number of piperidine rings is 1. The number of ether oxygens (including phenoxy) is 1. The molecule has 0 spiro atoms. The summed E-state index contributed by atoms with van der Waals surface area (Å²) in [6, 6.07) is 0. The Hall–Kier alpha value is -1.02. The van der Waals surface area contributed by atoms with Gasteiger partial charge in [-0.1, -0.05) is 6.92 Å². The van der Waals surface area contributed by atoms with E-state index in [1.807, 2.05) is 6.92 Å². The lowest BCUT2D eigenvalue weighted by molar-refractivity contribution is -0.173. The van der Waals surface area contributed by atoms with Crippen molar-refractivity contribution in [3.63, 3.8) is 0 Å². The second-order valence-electron chi connectivity index (χ2n) is 6.59. The summed E-state index contributed by atoms with van der Waals surface area (Å²) in [6.45, 7) is 8.66. The predicted octanol–water partition coefficient (Wildman–Crippen LogP) is 2.63. The summed E-state index contributed by atoms with van der Waals surface area (Å²) < 4.78 is 40.4. The van der Waals surface area contributed by atoms with Crippen LogP contribution in [0.5, 0.6) is 0 Å². The van der Waals surface area contributed by atoms with Crippen LogP contribution in [-0.2, 0) is 4.74 Å². The van der Waals surface area contributed by atoms with Crippen LogP contribution in [-0.4, -0.2) is 69.5 Å². The van der Waals surface area contributed by atoms with E-state index in [0.29, 0.717) is 18.9 Å². The first kappa shape index (κ1) is 22.0. The SMILES string of the molecule is CCNC(=NCCCOCC(F)(F)F)NCCCN1CCC(C)CC1. The second-order valence-corrected chi connectivity index (χ2v) is 6.59. The number of hydrogen-bond acceptors (Lipinski definition) is 3. The number of nitrogens with zero attached hydrogens (tertiary/aromatic N) is 2. The van der Waals surface area contributed by atoms with Crippen molar-refractivity contribution in [2.24, 2.45) is 10.9 Å². The van der Waals surface area contributed by atoms with Crippen molar-refractivity contribution in [3.05, 3.63) is 0 Å². The number of aliphatic imine (C=N–C) groups is 1. The number of likely N-dealkylation sites (tertiary alicyclic amines) is 1. The van der Waals surface area contributed by atoms with E-state index in [-0.39, 0.29) is 6.61 Å².